The first-order chi connectivity index (χ1) is 8.94. The molecule has 2 rings (SSSR count). The van der Waals surface area contributed by atoms with Crippen molar-refractivity contribution < 1.29 is 23.0 Å². The fourth-order valence-electron chi connectivity index (χ4n) is 1.99. The Balaban J connectivity index is 1.69. The Morgan fingerprint density at radius 2 is 1.95 bits per heavy atom. The SMILES string of the molecule is CC(F)(F)OC1CC(C(=O)OCc2ccccc2)C1. The highest BCUT2D eigenvalue weighted by Gasteiger charge is 2.40. The third kappa shape index (κ3) is 4.28. The molecular weight excluding hydrogens is 254 g/mol. The highest BCUT2D eigenvalue weighted by molar-refractivity contribution is 5.73. The molecule has 0 unspecified atom stereocenters. The average molecular weight is 270 g/mol. The summed E-state index contributed by atoms with van der Waals surface area (Å²) in [7, 11) is 0. The summed E-state index contributed by atoms with van der Waals surface area (Å²) in [5.74, 6) is -0.667. The van der Waals surface area contributed by atoms with Gasteiger partial charge in [-0.15, -0.1) is 0 Å². The van der Waals surface area contributed by atoms with Crippen LogP contribution in [0.2, 0.25) is 0 Å². The van der Waals surface area contributed by atoms with E-state index >= 15 is 0 Å². The van der Waals surface area contributed by atoms with Crippen LogP contribution < -0.4 is 0 Å². The number of hydrogen-bond donors (Lipinski definition) is 0. The monoisotopic (exact) mass is 270 g/mol. The largest absolute Gasteiger partial charge is 0.461 e. The molecule has 5 heteroatoms. The summed E-state index contributed by atoms with van der Waals surface area (Å²) < 4.78 is 34.7. The molecule has 0 spiro atoms. The molecule has 0 amide bonds. The van der Waals surface area contributed by atoms with Gasteiger partial charge in [0.15, 0.2) is 0 Å². The molecule has 1 saturated carbocycles. The first-order valence-electron chi connectivity index (χ1n) is 6.20. The minimum atomic E-state index is -3.14. The predicted molar refractivity (Wildman–Crippen MR) is 64.5 cm³/mol. The van der Waals surface area contributed by atoms with Gasteiger partial charge in [-0.3, -0.25) is 4.79 Å². The van der Waals surface area contributed by atoms with Gasteiger partial charge in [-0.25, -0.2) is 0 Å². The number of hydrogen-bond acceptors (Lipinski definition) is 3. The maximum absolute atomic E-state index is 12.6. The Morgan fingerprint density at radius 3 is 2.53 bits per heavy atom. The Bertz CT molecular complexity index is 422. The van der Waals surface area contributed by atoms with Crippen LogP contribution in [0.4, 0.5) is 8.78 Å². The van der Waals surface area contributed by atoms with Gasteiger partial charge in [0.2, 0.25) is 0 Å². The van der Waals surface area contributed by atoms with Gasteiger partial charge in [0.05, 0.1) is 12.0 Å². The molecule has 19 heavy (non-hydrogen) atoms. The van der Waals surface area contributed by atoms with Crippen LogP contribution in [-0.4, -0.2) is 18.2 Å². The number of alkyl halides is 2. The molecule has 3 nitrogen and oxygen atoms in total. The maximum atomic E-state index is 12.6. The second-order valence-corrected chi connectivity index (χ2v) is 4.81. The molecule has 0 saturated heterocycles. The summed E-state index contributed by atoms with van der Waals surface area (Å²) in [6.07, 6.45) is -3.08. The highest BCUT2D eigenvalue weighted by atomic mass is 19.3. The van der Waals surface area contributed by atoms with Gasteiger partial charge in [0.1, 0.15) is 6.61 Å². The zero-order chi connectivity index (χ0) is 13.9. The van der Waals surface area contributed by atoms with Crippen molar-refractivity contribution in [2.45, 2.75) is 38.6 Å². The first-order valence-corrected chi connectivity index (χ1v) is 6.20. The van der Waals surface area contributed by atoms with Crippen molar-refractivity contribution in [1.29, 1.82) is 0 Å². The van der Waals surface area contributed by atoms with Crippen LogP contribution in [-0.2, 0) is 20.9 Å². The Labute approximate surface area is 110 Å². The summed E-state index contributed by atoms with van der Waals surface area (Å²) in [6, 6.07) is 9.32. The number of esters is 1. The number of carbonyl (C=O) groups excluding carboxylic acids is 1. The van der Waals surface area contributed by atoms with Gasteiger partial charge in [-0.2, -0.15) is 8.78 Å². The quantitative estimate of drug-likeness (QED) is 0.771. The van der Waals surface area contributed by atoms with Crippen LogP contribution in [0.1, 0.15) is 25.3 Å². The van der Waals surface area contributed by atoms with Gasteiger partial charge in [0, 0.05) is 6.92 Å². The van der Waals surface area contributed by atoms with E-state index in [2.05, 4.69) is 4.74 Å². The Kier molecular flexibility index (Phi) is 4.14. The van der Waals surface area contributed by atoms with Gasteiger partial charge >= 0.3 is 12.1 Å². The van der Waals surface area contributed by atoms with E-state index in [1.54, 1.807) is 0 Å². The van der Waals surface area contributed by atoms with Crippen molar-refractivity contribution in [3.05, 3.63) is 35.9 Å². The van der Waals surface area contributed by atoms with Gasteiger partial charge in [-0.05, 0) is 18.4 Å². The second-order valence-electron chi connectivity index (χ2n) is 4.81. The lowest BCUT2D eigenvalue weighted by Crippen LogP contribution is -2.40. The molecule has 0 heterocycles. The third-order valence-corrected chi connectivity index (χ3v) is 3.03. The van der Waals surface area contributed by atoms with E-state index in [0.717, 1.165) is 5.56 Å². The third-order valence-electron chi connectivity index (χ3n) is 3.03. The summed E-state index contributed by atoms with van der Waals surface area (Å²) in [4.78, 5) is 11.6. The zero-order valence-electron chi connectivity index (χ0n) is 10.6. The lowest BCUT2D eigenvalue weighted by Gasteiger charge is -2.34. The summed E-state index contributed by atoms with van der Waals surface area (Å²) in [5.41, 5.74) is 0.906. The topological polar surface area (TPSA) is 35.5 Å². The molecule has 1 fully saturated rings. The van der Waals surface area contributed by atoms with Crippen molar-refractivity contribution in [1.82, 2.24) is 0 Å². The van der Waals surface area contributed by atoms with Gasteiger partial charge in [0.25, 0.3) is 0 Å². The molecule has 1 aromatic rings. The molecule has 0 N–H and O–H groups in total. The number of benzene rings is 1. The minimum Gasteiger partial charge on any atom is -0.461 e. The highest BCUT2D eigenvalue weighted by Crippen LogP contribution is 2.34. The summed E-state index contributed by atoms with van der Waals surface area (Å²) in [6.45, 7) is 0.916. The van der Waals surface area contributed by atoms with Gasteiger partial charge in [-0.1, -0.05) is 30.3 Å². The van der Waals surface area contributed by atoms with Crippen LogP contribution in [0.3, 0.4) is 0 Å². The van der Waals surface area contributed by atoms with E-state index < -0.39 is 12.2 Å². The van der Waals surface area contributed by atoms with Gasteiger partial charge < -0.3 is 9.47 Å². The Hall–Kier alpha value is -1.49. The number of ether oxygens (including phenoxy) is 2. The van der Waals surface area contributed by atoms with E-state index in [1.165, 1.54) is 0 Å². The average Bonchev–Trinajstić information content (AvgIpc) is 2.30. The standard InChI is InChI=1S/C14H16F2O3/c1-14(15,16)19-12-7-11(8-12)13(17)18-9-10-5-3-2-4-6-10/h2-6,11-12H,7-9H2,1H3. The van der Waals surface area contributed by atoms with Crippen LogP contribution in [0.5, 0.6) is 0 Å². The molecule has 0 atom stereocenters. The number of halogens is 2. The van der Waals surface area contributed by atoms with E-state index in [-0.39, 0.29) is 18.5 Å². The molecule has 0 radical (unpaired) electrons. The van der Waals surface area contributed by atoms with Crippen molar-refractivity contribution in [2.24, 2.45) is 5.92 Å². The lowest BCUT2D eigenvalue weighted by atomic mass is 9.82. The smallest absolute Gasteiger partial charge is 0.353 e. The summed E-state index contributed by atoms with van der Waals surface area (Å²) in [5, 5.41) is 0. The molecule has 104 valence electrons. The van der Waals surface area contributed by atoms with Crippen molar-refractivity contribution in [2.75, 3.05) is 0 Å². The maximum Gasteiger partial charge on any atom is 0.353 e. The van der Waals surface area contributed by atoms with Crippen LogP contribution in [0.15, 0.2) is 30.3 Å². The molecule has 1 aliphatic carbocycles. The van der Waals surface area contributed by atoms with Crippen molar-refractivity contribution in [3.8, 4) is 0 Å². The van der Waals surface area contributed by atoms with Crippen LogP contribution in [0, 0.1) is 5.92 Å². The van der Waals surface area contributed by atoms with Crippen molar-refractivity contribution in [3.63, 3.8) is 0 Å². The van der Waals surface area contributed by atoms with E-state index in [1.807, 2.05) is 30.3 Å². The fraction of sp³-hybridized carbons (Fsp3) is 0.500. The lowest BCUT2D eigenvalue weighted by molar-refractivity contribution is -0.268. The van der Waals surface area contributed by atoms with E-state index in [9.17, 15) is 13.6 Å². The molecule has 1 aliphatic rings. The van der Waals surface area contributed by atoms with Crippen LogP contribution in [0.25, 0.3) is 0 Å². The predicted octanol–water partition coefficient (Wildman–Crippen LogP) is 3.14. The first kappa shape index (κ1) is 13.9. The van der Waals surface area contributed by atoms with E-state index in [0.29, 0.717) is 19.8 Å². The van der Waals surface area contributed by atoms with Crippen molar-refractivity contribution >= 4 is 5.97 Å². The fourth-order valence-corrected chi connectivity index (χ4v) is 1.99. The molecular formula is C14H16F2O3. The molecule has 0 aliphatic heterocycles. The second kappa shape index (κ2) is 5.65. The van der Waals surface area contributed by atoms with E-state index in [4.69, 9.17) is 4.74 Å². The zero-order valence-corrected chi connectivity index (χ0v) is 10.6. The molecule has 1 aromatic carbocycles. The number of rotatable bonds is 5. The van der Waals surface area contributed by atoms with Crippen LogP contribution >= 0.6 is 0 Å². The summed E-state index contributed by atoms with van der Waals surface area (Å²) >= 11 is 0. The normalized spacial score (nSPS) is 22.7. The minimum absolute atomic E-state index is 0.214. The molecule has 0 bridgehead atoms. The Morgan fingerprint density at radius 1 is 1.32 bits per heavy atom. The number of carbonyl (C=O) groups is 1. The molecule has 0 aromatic heterocycles.